The predicted octanol–water partition coefficient (Wildman–Crippen LogP) is -0.136. The molecule has 0 saturated heterocycles. The van der Waals surface area contributed by atoms with Gasteiger partial charge in [-0.1, -0.05) is 0 Å². The van der Waals surface area contributed by atoms with Gasteiger partial charge in [0.05, 0.1) is 14.2 Å². The van der Waals surface area contributed by atoms with Gasteiger partial charge >= 0.3 is 11.9 Å². The molecule has 0 rings (SSSR count). The first-order chi connectivity index (χ1) is 6.11. The molecule has 0 aromatic heterocycles. The van der Waals surface area contributed by atoms with Crippen molar-refractivity contribution in [2.75, 3.05) is 14.2 Å². The normalized spacial score (nSPS) is 11.9. The van der Waals surface area contributed by atoms with Crippen molar-refractivity contribution in [3.8, 4) is 0 Å². The van der Waals surface area contributed by atoms with E-state index in [1.54, 1.807) is 0 Å². The van der Waals surface area contributed by atoms with Gasteiger partial charge in [-0.25, -0.2) is 4.79 Å². The Balaban J connectivity index is 3.53. The van der Waals surface area contributed by atoms with Crippen LogP contribution in [0, 0.1) is 0 Å². The lowest BCUT2D eigenvalue weighted by atomic mass is 10.1. The maximum absolute atomic E-state index is 10.7. The summed E-state index contributed by atoms with van der Waals surface area (Å²) in [5.41, 5.74) is 0. The molecule has 0 aliphatic carbocycles. The Bertz CT molecular complexity index is 177. The topological polar surface area (TPSA) is 72.8 Å². The molecule has 5 nitrogen and oxygen atoms in total. The van der Waals surface area contributed by atoms with Gasteiger partial charge in [-0.3, -0.25) is 4.79 Å². The SMILES string of the molecule is COC(=O)CCCC(O)C(=O)OC. The molecule has 1 unspecified atom stereocenters. The van der Waals surface area contributed by atoms with E-state index >= 15 is 0 Å². The minimum absolute atomic E-state index is 0.199. The Labute approximate surface area is 76.6 Å². The standard InChI is InChI=1S/C8H14O5/c1-12-7(10)5-3-4-6(9)8(11)13-2/h6,9H,3-5H2,1-2H3. The van der Waals surface area contributed by atoms with Gasteiger partial charge in [0, 0.05) is 6.42 Å². The van der Waals surface area contributed by atoms with Crippen LogP contribution in [-0.2, 0) is 19.1 Å². The van der Waals surface area contributed by atoms with Crippen LogP contribution in [0.5, 0.6) is 0 Å². The number of hydrogen-bond acceptors (Lipinski definition) is 5. The fourth-order valence-electron chi connectivity index (χ4n) is 0.796. The molecule has 0 saturated carbocycles. The molecular weight excluding hydrogens is 176 g/mol. The molecule has 13 heavy (non-hydrogen) atoms. The van der Waals surface area contributed by atoms with E-state index in [0.29, 0.717) is 6.42 Å². The quantitative estimate of drug-likeness (QED) is 0.611. The fourth-order valence-corrected chi connectivity index (χ4v) is 0.796. The van der Waals surface area contributed by atoms with Gasteiger partial charge in [0.25, 0.3) is 0 Å². The summed E-state index contributed by atoms with van der Waals surface area (Å²) in [4.78, 5) is 21.3. The van der Waals surface area contributed by atoms with Crippen LogP contribution in [0.4, 0.5) is 0 Å². The summed E-state index contributed by atoms with van der Waals surface area (Å²) in [6.07, 6.45) is -0.329. The summed E-state index contributed by atoms with van der Waals surface area (Å²) in [5, 5.41) is 9.08. The second-order valence-corrected chi connectivity index (χ2v) is 2.51. The largest absolute Gasteiger partial charge is 0.469 e. The first-order valence-electron chi connectivity index (χ1n) is 3.94. The number of carbonyl (C=O) groups is 2. The van der Waals surface area contributed by atoms with Gasteiger partial charge in [0.15, 0.2) is 6.10 Å². The maximum atomic E-state index is 10.7. The van der Waals surface area contributed by atoms with Crippen LogP contribution >= 0.6 is 0 Å². The maximum Gasteiger partial charge on any atom is 0.334 e. The molecule has 0 aliphatic rings. The van der Waals surface area contributed by atoms with E-state index in [1.165, 1.54) is 14.2 Å². The highest BCUT2D eigenvalue weighted by molar-refractivity contribution is 5.74. The summed E-state index contributed by atoms with van der Waals surface area (Å²) >= 11 is 0. The number of esters is 2. The molecule has 5 heteroatoms. The number of aliphatic hydroxyl groups excluding tert-OH is 1. The molecule has 1 atom stereocenters. The summed E-state index contributed by atoms with van der Waals surface area (Å²) in [6, 6.07) is 0. The molecule has 0 aliphatic heterocycles. The molecule has 0 heterocycles. The summed E-state index contributed by atoms with van der Waals surface area (Å²) in [7, 11) is 2.49. The second kappa shape index (κ2) is 6.42. The van der Waals surface area contributed by atoms with Crippen LogP contribution < -0.4 is 0 Å². The van der Waals surface area contributed by atoms with E-state index in [1.807, 2.05) is 0 Å². The lowest BCUT2D eigenvalue weighted by Gasteiger charge is -2.06. The second-order valence-electron chi connectivity index (χ2n) is 2.51. The minimum atomic E-state index is -1.14. The fraction of sp³-hybridized carbons (Fsp3) is 0.750. The van der Waals surface area contributed by atoms with Crippen LogP contribution in [0.2, 0.25) is 0 Å². The number of ether oxygens (including phenoxy) is 2. The van der Waals surface area contributed by atoms with Gasteiger partial charge in [0.2, 0.25) is 0 Å². The number of methoxy groups -OCH3 is 2. The molecule has 0 bridgehead atoms. The zero-order valence-electron chi connectivity index (χ0n) is 7.78. The van der Waals surface area contributed by atoms with Gasteiger partial charge < -0.3 is 14.6 Å². The van der Waals surface area contributed by atoms with Crippen molar-refractivity contribution in [2.24, 2.45) is 0 Å². The highest BCUT2D eigenvalue weighted by atomic mass is 16.5. The molecule has 0 radical (unpaired) electrons. The Morgan fingerprint density at radius 1 is 1.31 bits per heavy atom. The van der Waals surface area contributed by atoms with Crippen LogP contribution in [-0.4, -0.2) is 37.4 Å². The summed E-state index contributed by atoms with van der Waals surface area (Å²) < 4.78 is 8.67. The number of aliphatic hydroxyl groups is 1. The molecule has 0 aromatic rings. The van der Waals surface area contributed by atoms with Crippen LogP contribution in [0.25, 0.3) is 0 Å². The van der Waals surface area contributed by atoms with Crippen molar-refractivity contribution in [1.82, 2.24) is 0 Å². The smallest absolute Gasteiger partial charge is 0.334 e. The Morgan fingerprint density at radius 3 is 2.38 bits per heavy atom. The van der Waals surface area contributed by atoms with Crippen molar-refractivity contribution < 1.29 is 24.2 Å². The third-order valence-electron chi connectivity index (χ3n) is 1.56. The Kier molecular flexibility index (Phi) is 5.88. The highest BCUT2D eigenvalue weighted by Gasteiger charge is 2.15. The highest BCUT2D eigenvalue weighted by Crippen LogP contribution is 2.03. The van der Waals surface area contributed by atoms with Crippen molar-refractivity contribution in [2.45, 2.75) is 25.4 Å². The minimum Gasteiger partial charge on any atom is -0.469 e. The van der Waals surface area contributed by atoms with Crippen molar-refractivity contribution in [1.29, 1.82) is 0 Å². The molecule has 76 valence electrons. The average molecular weight is 190 g/mol. The van der Waals surface area contributed by atoms with Gasteiger partial charge in [0.1, 0.15) is 0 Å². The molecule has 1 N–H and O–H groups in total. The van der Waals surface area contributed by atoms with Gasteiger partial charge in [-0.15, -0.1) is 0 Å². The average Bonchev–Trinajstić information content (AvgIpc) is 2.15. The summed E-state index contributed by atoms with van der Waals surface area (Å²) in [6.45, 7) is 0. The monoisotopic (exact) mass is 190 g/mol. The van der Waals surface area contributed by atoms with Crippen LogP contribution in [0.15, 0.2) is 0 Å². The van der Waals surface area contributed by atoms with E-state index in [9.17, 15) is 9.59 Å². The molecule has 0 spiro atoms. The van der Waals surface area contributed by atoms with Crippen molar-refractivity contribution >= 4 is 11.9 Å². The van der Waals surface area contributed by atoms with Crippen molar-refractivity contribution in [3.63, 3.8) is 0 Å². The first kappa shape index (κ1) is 11.9. The predicted molar refractivity (Wildman–Crippen MR) is 43.9 cm³/mol. The number of rotatable bonds is 5. The third-order valence-corrected chi connectivity index (χ3v) is 1.56. The lowest BCUT2D eigenvalue weighted by Crippen LogP contribution is -2.21. The summed E-state index contributed by atoms with van der Waals surface area (Å²) in [5.74, 6) is -1.03. The number of carbonyl (C=O) groups excluding carboxylic acids is 2. The Morgan fingerprint density at radius 2 is 1.92 bits per heavy atom. The zero-order chi connectivity index (χ0) is 10.3. The van der Waals surface area contributed by atoms with Gasteiger partial charge in [-0.05, 0) is 12.8 Å². The Hall–Kier alpha value is -1.10. The van der Waals surface area contributed by atoms with Gasteiger partial charge in [-0.2, -0.15) is 0 Å². The van der Waals surface area contributed by atoms with E-state index in [4.69, 9.17) is 5.11 Å². The van der Waals surface area contributed by atoms with E-state index in [0.717, 1.165) is 0 Å². The van der Waals surface area contributed by atoms with E-state index in [-0.39, 0.29) is 18.8 Å². The van der Waals surface area contributed by atoms with E-state index < -0.39 is 12.1 Å². The molecule has 0 amide bonds. The molecular formula is C8H14O5. The lowest BCUT2D eigenvalue weighted by molar-refractivity contribution is -0.151. The number of hydrogen-bond donors (Lipinski definition) is 1. The first-order valence-corrected chi connectivity index (χ1v) is 3.94. The van der Waals surface area contributed by atoms with E-state index in [2.05, 4.69) is 9.47 Å². The van der Waals surface area contributed by atoms with Crippen LogP contribution in [0.1, 0.15) is 19.3 Å². The zero-order valence-corrected chi connectivity index (χ0v) is 7.78. The third kappa shape index (κ3) is 5.19. The molecule has 0 aromatic carbocycles. The van der Waals surface area contributed by atoms with Crippen LogP contribution in [0.3, 0.4) is 0 Å². The van der Waals surface area contributed by atoms with Crippen molar-refractivity contribution in [3.05, 3.63) is 0 Å². The molecule has 0 fully saturated rings.